The molecule has 0 unspecified atom stereocenters. The zero-order valence-corrected chi connectivity index (χ0v) is 7.79. The quantitative estimate of drug-likeness (QED) is 0.459. The van der Waals surface area contributed by atoms with Crippen molar-refractivity contribution in [3.05, 3.63) is 11.7 Å². The number of hydrogen-bond donors (Lipinski definition) is 0. The van der Waals surface area contributed by atoms with Crippen LogP contribution in [0.2, 0.25) is 0 Å². The third-order valence-electron chi connectivity index (χ3n) is 1.53. The van der Waals surface area contributed by atoms with E-state index in [0.717, 1.165) is 0 Å². The maximum Gasteiger partial charge on any atom is 0.292 e. The van der Waals surface area contributed by atoms with Crippen molar-refractivity contribution < 1.29 is 22.0 Å². The SMILES string of the molecule is FC1=C(F)[C@@](F)(Cl)C(F)(Cl)[C@]1(F)Cl. The van der Waals surface area contributed by atoms with Crippen LogP contribution < -0.4 is 0 Å². The Balaban J connectivity index is 3.39. The molecule has 0 radical (unpaired) electrons. The lowest BCUT2D eigenvalue weighted by Gasteiger charge is -2.26. The lowest BCUT2D eigenvalue weighted by Crippen LogP contribution is -2.46. The predicted octanol–water partition coefficient (Wildman–Crippen LogP) is 3.86. The summed E-state index contributed by atoms with van der Waals surface area (Å²) in [6.07, 6.45) is 0. The molecule has 0 saturated heterocycles. The Labute approximate surface area is 84.2 Å². The number of allylic oxidation sites excluding steroid dienone is 2. The van der Waals surface area contributed by atoms with Gasteiger partial charge in [0, 0.05) is 0 Å². The van der Waals surface area contributed by atoms with Gasteiger partial charge in [0.15, 0.2) is 11.7 Å². The monoisotopic (exact) mass is 260 g/mol. The molecule has 0 aromatic rings. The van der Waals surface area contributed by atoms with Crippen molar-refractivity contribution in [2.24, 2.45) is 0 Å². The minimum atomic E-state index is -4.22. The molecule has 0 fully saturated rings. The van der Waals surface area contributed by atoms with Crippen LogP contribution in [-0.4, -0.2) is 15.4 Å². The van der Waals surface area contributed by atoms with Crippen molar-refractivity contribution in [2.75, 3.05) is 0 Å². The molecule has 8 heteroatoms. The summed E-state index contributed by atoms with van der Waals surface area (Å²) < 4.78 is 63.3. The van der Waals surface area contributed by atoms with E-state index in [1.165, 1.54) is 0 Å². The molecule has 0 spiro atoms. The second-order valence-electron chi connectivity index (χ2n) is 2.35. The molecule has 0 heterocycles. The van der Waals surface area contributed by atoms with Crippen LogP contribution in [0.15, 0.2) is 11.7 Å². The molecular formula is C5Cl3F5. The summed E-state index contributed by atoms with van der Waals surface area (Å²) in [6.45, 7) is 0. The normalized spacial score (nSPS) is 44.3. The van der Waals surface area contributed by atoms with Gasteiger partial charge in [-0.25, -0.2) is 22.0 Å². The van der Waals surface area contributed by atoms with Gasteiger partial charge >= 0.3 is 0 Å². The summed E-state index contributed by atoms with van der Waals surface area (Å²) in [4.78, 5) is 0. The first-order chi connectivity index (χ1) is 5.57. The first kappa shape index (κ1) is 11.3. The van der Waals surface area contributed by atoms with E-state index in [9.17, 15) is 22.0 Å². The van der Waals surface area contributed by atoms with Crippen LogP contribution in [0, 0.1) is 0 Å². The molecule has 76 valence electrons. The lowest BCUT2D eigenvalue weighted by atomic mass is 10.2. The smallest absolute Gasteiger partial charge is 0.215 e. The van der Waals surface area contributed by atoms with Crippen LogP contribution >= 0.6 is 34.8 Å². The van der Waals surface area contributed by atoms with Gasteiger partial charge in [0.05, 0.1) is 0 Å². The van der Waals surface area contributed by atoms with Crippen LogP contribution in [0.3, 0.4) is 0 Å². The van der Waals surface area contributed by atoms with Gasteiger partial charge in [-0.1, -0.05) is 34.8 Å². The van der Waals surface area contributed by atoms with Gasteiger partial charge in [-0.15, -0.1) is 0 Å². The largest absolute Gasteiger partial charge is 0.292 e. The van der Waals surface area contributed by atoms with E-state index in [2.05, 4.69) is 34.8 Å². The van der Waals surface area contributed by atoms with E-state index < -0.39 is 27.0 Å². The van der Waals surface area contributed by atoms with E-state index in [0.29, 0.717) is 0 Å². The fourth-order valence-corrected chi connectivity index (χ4v) is 1.39. The summed E-state index contributed by atoms with van der Waals surface area (Å²) in [6, 6.07) is 0. The van der Waals surface area contributed by atoms with Crippen molar-refractivity contribution in [1.29, 1.82) is 0 Å². The second-order valence-corrected chi connectivity index (χ2v) is 3.91. The van der Waals surface area contributed by atoms with E-state index in [1.54, 1.807) is 0 Å². The summed E-state index contributed by atoms with van der Waals surface area (Å²) >= 11 is 13.6. The van der Waals surface area contributed by atoms with Crippen LogP contribution in [0.5, 0.6) is 0 Å². The van der Waals surface area contributed by atoms with E-state index in [-0.39, 0.29) is 0 Å². The predicted molar refractivity (Wildman–Crippen MR) is 38.3 cm³/mol. The first-order valence-electron chi connectivity index (χ1n) is 2.76. The van der Waals surface area contributed by atoms with E-state index >= 15 is 0 Å². The Morgan fingerprint density at radius 2 is 1.00 bits per heavy atom. The molecule has 1 aliphatic rings. The van der Waals surface area contributed by atoms with Crippen molar-refractivity contribution in [2.45, 2.75) is 15.4 Å². The molecule has 0 nitrogen and oxygen atoms in total. The Kier molecular flexibility index (Phi) is 2.30. The molecule has 0 saturated carbocycles. The highest BCUT2D eigenvalue weighted by Gasteiger charge is 2.77. The minimum Gasteiger partial charge on any atom is -0.215 e. The zero-order chi connectivity index (χ0) is 10.7. The molecule has 13 heavy (non-hydrogen) atoms. The van der Waals surface area contributed by atoms with Crippen LogP contribution in [0.1, 0.15) is 0 Å². The highest BCUT2D eigenvalue weighted by atomic mass is 35.5. The summed E-state index contributed by atoms with van der Waals surface area (Å²) in [7, 11) is 0. The zero-order valence-electron chi connectivity index (χ0n) is 5.52. The molecule has 0 amide bonds. The molecule has 0 aliphatic heterocycles. The second kappa shape index (κ2) is 2.64. The van der Waals surface area contributed by atoms with Crippen LogP contribution in [0.4, 0.5) is 22.0 Å². The van der Waals surface area contributed by atoms with Gasteiger partial charge < -0.3 is 0 Å². The summed E-state index contributed by atoms with van der Waals surface area (Å²) in [5, 5.41) is -12.5. The molecule has 0 aromatic carbocycles. The number of halogens is 8. The van der Waals surface area contributed by atoms with E-state index in [4.69, 9.17) is 0 Å². The Bertz CT molecular complexity index is 256. The maximum absolute atomic E-state index is 12.9. The topological polar surface area (TPSA) is 0 Å². The van der Waals surface area contributed by atoms with Gasteiger partial charge in [-0.2, -0.15) is 0 Å². The Morgan fingerprint density at radius 3 is 1.08 bits per heavy atom. The minimum absolute atomic E-state index is 2.50. The van der Waals surface area contributed by atoms with Gasteiger partial charge in [-0.3, -0.25) is 0 Å². The molecule has 2 atom stereocenters. The average Bonchev–Trinajstić information content (AvgIpc) is 2.05. The van der Waals surface area contributed by atoms with Gasteiger partial charge in [-0.05, 0) is 0 Å². The lowest BCUT2D eigenvalue weighted by molar-refractivity contribution is 0.0439. The fourth-order valence-electron chi connectivity index (χ4n) is 0.749. The van der Waals surface area contributed by atoms with Crippen LogP contribution in [0.25, 0.3) is 0 Å². The van der Waals surface area contributed by atoms with Crippen molar-refractivity contribution in [3.8, 4) is 0 Å². The first-order valence-corrected chi connectivity index (χ1v) is 3.90. The number of hydrogen-bond acceptors (Lipinski definition) is 0. The highest BCUT2D eigenvalue weighted by molar-refractivity contribution is 6.41. The number of rotatable bonds is 0. The molecule has 0 aromatic heterocycles. The average molecular weight is 261 g/mol. The third kappa shape index (κ3) is 1.10. The van der Waals surface area contributed by atoms with Gasteiger partial charge in [0.1, 0.15) is 0 Å². The highest BCUT2D eigenvalue weighted by Crippen LogP contribution is 2.63. The van der Waals surface area contributed by atoms with Crippen molar-refractivity contribution in [1.82, 2.24) is 0 Å². The Morgan fingerprint density at radius 1 is 0.769 bits per heavy atom. The summed E-state index contributed by atoms with van der Waals surface area (Å²) in [5.74, 6) is -4.99. The molecule has 0 N–H and O–H groups in total. The van der Waals surface area contributed by atoms with Gasteiger partial charge in [0.25, 0.3) is 15.4 Å². The van der Waals surface area contributed by atoms with Crippen molar-refractivity contribution >= 4 is 34.8 Å². The molecule has 1 aliphatic carbocycles. The number of alkyl halides is 6. The fraction of sp³-hybridized carbons (Fsp3) is 0.600. The third-order valence-corrected chi connectivity index (χ3v) is 3.10. The molecular weight excluding hydrogens is 261 g/mol. The maximum atomic E-state index is 12.9. The standard InChI is InChI=1S/C5Cl3F5/c6-3(11)1(9)2(10)4(7,12)5(3,8)13/t3-,4-/m0/s1. The Hall–Kier alpha value is 0.260. The van der Waals surface area contributed by atoms with Gasteiger partial charge in [0.2, 0.25) is 0 Å². The molecule has 1 rings (SSSR count). The molecule has 0 bridgehead atoms. The summed E-state index contributed by atoms with van der Waals surface area (Å²) in [5.41, 5.74) is 0. The van der Waals surface area contributed by atoms with Crippen molar-refractivity contribution in [3.63, 3.8) is 0 Å². The van der Waals surface area contributed by atoms with Crippen LogP contribution in [-0.2, 0) is 0 Å². The van der Waals surface area contributed by atoms with E-state index in [1.807, 2.05) is 0 Å².